The Morgan fingerprint density at radius 2 is 2.29 bits per heavy atom. The van der Waals surface area contributed by atoms with Crippen molar-refractivity contribution >= 4 is 23.0 Å². The van der Waals surface area contributed by atoms with Gasteiger partial charge in [0, 0.05) is 25.4 Å². The van der Waals surface area contributed by atoms with Gasteiger partial charge in [-0.1, -0.05) is 12.2 Å². The molecular formula is C12H19N3OS. The Bertz CT molecular complexity index is 382. The van der Waals surface area contributed by atoms with Crippen molar-refractivity contribution in [3.8, 4) is 0 Å². The van der Waals surface area contributed by atoms with Gasteiger partial charge in [-0.15, -0.1) is 0 Å². The number of likely N-dealkylation sites (N-methyl/N-ethyl adjacent to an activating group) is 1. The smallest absolute Gasteiger partial charge is 0.128 e. The van der Waals surface area contributed by atoms with E-state index in [2.05, 4.69) is 4.98 Å². The van der Waals surface area contributed by atoms with E-state index in [0.29, 0.717) is 11.6 Å². The summed E-state index contributed by atoms with van der Waals surface area (Å²) in [5.74, 6) is 0.850. The molecule has 0 saturated carbocycles. The first-order chi connectivity index (χ1) is 8.00. The minimum atomic E-state index is 0.249. The summed E-state index contributed by atoms with van der Waals surface area (Å²) in [6.07, 6.45) is 1.96. The molecule has 94 valence electrons. The van der Waals surface area contributed by atoms with Crippen LogP contribution in [0.4, 0.5) is 5.82 Å². The second-order valence-electron chi connectivity index (χ2n) is 4.11. The van der Waals surface area contributed by atoms with Crippen molar-refractivity contribution in [3.05, 3.63) is 23.9 Å². The van der Waals surface area contributed by atoms with Crippen molar-refractivity contribution in [2.24, 2.45) is 5.73 Å². The highest BCUT2D eigenvalue weighted by Gasteiger charge is 2.05. The first kappa shape index (κ1) is 13.9. The zero-order valence-electron chi connectivity index (χ0n) is 10.5. The SMILES string of the molecule is CC(C)OCCN(C)c1cc(C(N)=S)ccn1. The van der Waals surface area contributed by atoms with Crippen molar-refractivity contribution in [2.75, 3.05) is 25.1 Å². The van der Waals surface area contributed by atoms with Crippen LogP contribution >= 0.6 is 12.2 Å². The number of nitrogens with zero attached hydrogens (tertiary/aromatic N) is 2. The van der Waals surface area contributed by atoms with Crippen LogP contribution in [-0.4, -0.2) is 36.3 Å². The summed E-state index contributed by atoms with van der Waals surface area (Å²) in [4.78, 5) is 6.68. The number of thiocarbonyl (C=S) groups is 1. The van der Waals surface area contributed by atoms with Gasteiger partial charge in [0.1, 0.15) is 10.8 Å². The van der Waals surface area contributed by atoms with Crippen molar-refractivity contribution in [2.45, 2.75) is 20.0 Å². The molecule has 0 atom stereocenters. The number of rotatable bonds is 6. The molecule has 0 unspecified atom stereocenters. The fraction of sp³-hybridized carbons (Fsp3) is 0.500. The molecule has 0 aliphatic carbocycles. The molecule has 0 aliphatic rings. The molecule has 4 nitrogen and oxygen atoms in total. The lowest BCUT2D eigenvalue weighted by Gasteiger charge is -2.19. The van der Waals surface area contributed by atoms with Gasteiger partial charge in [0.15, 0.2) is 0 Å². The average molecular weight is 253 g/mol. The van der Waals surface area contributed by atoms with E-state index in [4.69, 9.17) is 22.7 Å². The van der Waals surface area contributed by atoms with Crippen molar-refractivity contribution in [1.29, 1.82) is 0 Å². The van der Waals surface area contributed by atoms with E-state index >= 15 is 0 Å². The second kappa shape index (κ2) is 6.51. The van der Waals surface area contributed by atoms with Crippen molar-refractivity contribution < 1.29 is 4.74 Å². The monoisotopic (exact) mass is 253 g/mol. The molecule has 1 heterocycles. The highest BCUT2D eigenvalue weighted by molar-refractivity contribution is 7.80. The standard InChI is InChI=1S/C12H19N3OS/c1-9(2)16-7-6-15(3)11-8-10(12(13)17)4-5-14-11/h4-5,8-9H,6-7H2,1-3H3,(H2,13,17). The van der Waals surface area contributed by atoms with Gasteiger partial charge in [-0.05, 0) is 26.0 Å². The van der Waals surface area contributed by atoms with Crippen LogP contribution in [0, 0.1) is 0 Å². The number of hydrogen-bond acceptors (Lipinski definition) is 4. The summed E-state index contributed by atoms with van der Waals surface area (Å²) in [6, 6.07) is 3.70. The van der Waals surface area contributed by atoms with Gasteiger partial charge < -0.3 is 15.4 Å². The van der Waals surface area contributed by atoms with E-state index in [1.807, 2.05) is 37.9 Å². The fourth-order valence-corrected chi connectivity index (χ4v) is 1.45. The van der Waals surface area contributed by atoms with Gasteiger partial charge in [0.2, 0.25) is 0 Å². The molecule has 0 fully saturated rings. The Hall–Kier alpha value is -1.20. The van der Waals surface area contributed by atoms with E-state index in [-0.39, 0.29) is 6.10 Å². The maximum Gasteiger partial charge on any atom is 0.128 e. The molecule has 1 rings (SSSR count). The van der Waals surface area contributed by atoms with Crippen molar-refractivity contribution in [3.63, 3.8) is 0 Å². The van der Waals surface area contributed by atoms with Crippen LogP contribution in [0.3, 0.4) is 0 Å². The molecule has 0 amide bonds. The lowest BCUT2D eigenvalue weighted by atomic mass is 10.2. The molecule has 0 aliphatic heterocycles. The zero-order chi connectivity index (χ0) is 12.8. The van der Waals surface area contributed by atoms with Gasteiger partial charge >= 0.3 is 0 Å². The molecule has 2 N–H and O–H groups in total. The predicted molar refractivity (Wildman–Crippen MR) is 74.5 cm³/mol. The molecule has 0 saturated heterocycles. The van der Waals surface area contributed by atoms with E-state index < -0.39 is 0 Å². The zero-order valence-corrected chi connectivity index (χ0v) is 11.3. The third-order valence-corrected chi connectivity index (χ3v) is 2.53. The van der Waals surface area contributed by atoms with Crippen LogP contribution in [-0.2, 0) is 4.74 Å². The summed E-state index contributed by atoms with van der Waals surface area (Å²) in [5, 5.41) is 0. The first-order valence-corrected chi connectivity index (χ1v) is 6.00. The Morgan fingerprint density at radius 1 is 1.59 bits per heavy atom. The van der Waals surface area contributed by atoms with Crippen LogP contribution < -0.4 is 10.6 Å². The summed E-state index contributed by atoms with van der Waals surface area (Å²) in [5.41, 5.74) is 6.42. The molecule has 0 radical (unpaired) electrons. The van der Waals surface area contributed by atoms with Gasteiger partial charge in [0.05, 0.1) is 12.7 Å². The predicted octanol–water partition coefficient (Wildman–Crippen LogP) is 1.58. The molecule has 1 aromatic rings. The molecule has 5 heteroatoms. The maximum absolute atomic E-state index is 5.58. The van der Waals surface area contributed by atoms with Gasteiger partial charge in [-0.2, -0.15) is 0 Å². The van der Waals surface area contributed by atoms with Crippen molar-refractivity contribution in [1.82, 2.24) is 4.98 Å². The molecular weight excluding hydrogens is 234 g/mol. The van der Waals surface area contributed by atoms with E-state index in [0.717, 1.165) is 17.9 Å². The Labute approximate surface area is 108 Å². The molecule has 17 heavy (non-hydrogen) atoms. The quantitative estimate of drug-likeness (QED) is 0.780. The first-order valence-electron chi connectivity index (χ1n) is 5.59. The Balaban J connectivity index is 2.59. The fourth-order valence-electron chi connectivity index (χ4n) is 1.32. The molecule has 0 aromatic carbocycles. The summed E-state index contributed by atoms with van der Waals surface area (Å²) < 4.78 is 5.49. The largest absolute Gasteiger partial charge is 0.389 e. The van der Waals surface area contributed by atoms with E-state index in [9.17, 15) is 0 Å². The number of ether oxygens (including phenoxy) is 1. The Morgan fingerprint density at radius 3 is 2.88 bits per heavy atom. The van der Waals surface area contributed by atoms with Crippen LogP contribution in [0.5, 0.6) is 0 Å². The summed E-state index contributed by atoms with van der Waals surface area (Å²) in [6.45, 7) is 5.50. The minimum absolute atomic E-state index is 0.249. The summed E-state index contributed by atoms with van der Waals surface area (Å²) >= 11 is 4.94. The van der Waals surface area contributed by atoms with Crippen LogP contribution in [0.15, 0.2) is 18.3 Å². The maximum atomic E-state index is 5.58. The average Bonchev–Trinajstić information content (AvgIpc) is 2.28. The second-order valence-corrected chi connectivity index (χ2v) is 4.55. The number of anilines is 1. The summed E-state index contributed by atoms with van der Waals surface area (Å²) in [7, 11) is 1.97. The number of pyridine rings is 1. The van der Waals surface area contributed by atoms with Gasteiger partial charge in [0.25, 0.3) is 0 Å². The van der Waals surface area contributed by atoms with Crippen LogP contribution in [0.1, 0.15) is 19.4 Å². The molecule has 0 spiro atoms. The highest BCUT2D eigenvalue weighted by Crippen LogP contribution is 2.10. The lowest BCUT2D eigenvalue weighted by Crippen LogP contribution is -2.25. The molecule has 1 aromatic heterocycles. The van der Waals surface area contributed by atoms with Crippen LogP contribution in [0.25, 0.3) is 0 Å². The van der Waals surface area contributed by atoms with E-state index in [1.165, 1.54) is 0 Å². The van der Waals surface area contributed by atoms with E-state index in [1.54, 1.807) is 6.20 Å². The van der Waals surface area contributed by atoms with Gasteiger partial charge in [-0.25, -0.2) is 4.98 Å². The third kappa shape index (κ3) is 4.66. The van der Waals surface area contributed by atoms with Crippen LogP contribution in [0.2, 0.25) is 0 Å². The highest BCUT2D eigenvalue weighted by atomic mass is 32.1. The minimum Gasteiger partial charge on any atom is -0.389 e. The number of hydrogen-bond donors (Lipinski definition) is 1. The third-order valence-electron chi connectivity index (χ3n) is 2.30. The Kier molecular flexibility index (Phi) is 5.31. The molecule has 0 bridgehead atoms. The normalized spacial score (nSPS) is 10.6. The number of nitrogens with two attached hydrogens (primary N) is 1. The topological polar surface area (TPSA) is 51.4 Å². The number of aromatic nitrogens is 1. The van der Waals surface area contributed by atoms with Gasteiger partial charge in [-0.3, -0.25) is 0 Å². The lowest BCUT2D eigenvalue weighted by molar-refractivity contribution is 0.0845.